The van der Waals surface area contributed by atoms with E-state index in [1.54, 1.807) is 6.07 Å². The average Bonchev–Trinajstić information content (AvgIpc) is 2.44. The standard InChI is InChI=1S/C15H22Cl2N2O/c1-10(2)9-13(19-7-5-18-6-8-19)11-3-4-12(16)14(17)15(11)20/h3-4,10,13,18,20H,5-9H2,1-2H3/t13-/m0/s1. The predicted molar refractivity (Wildman–Crippen MR) is 84.8 cm³/mol. The molecule has 1 saturated heterocycles. The number of phenols is 1. The van der Waals surface area contributed by atoms with E-state index in [2.05, 4.69) is 24.1 Å². The second-order valence-electron chi connectivity index (χ2n) is 5.73. The highest BCUT2D eigenvalue weighted by molar-refractivity contribution is 6.43. The minimum atomic E-state index is 0.128. The van der Waals surface area contributed by atoms with E-state index in [0.29, 0.717) is 10.9 Å². The first kappa shape index (κ1) is 15.9. The summed E-state index contributed by atoms with van der Waals surface area (Å²) in [5, 5.41) is 14.3. The van der Waals surface area contributed by atoms with Crippen molar-refractivity contribution in [2.75, 3.05) is 26.2 Å². The number of hydrogen-bond acceptors (Lipinski definition) is 3. The Hall–Kier alpha value is -0.480. The zero-order valence-electron chi connectivity index (χ0n) is 12.0. The van der Waals surface area contributed by atoms with Crippen molar-refractivity contribution in [3.8, 4) is 5.75 Å². The molecule has 0 radical (unpaired) electrons. The molecule has 3 nitrogen and oxygen atoms in total. The third kappa shape index (κ3) is 3.59. The van der Waals surface area contributed by atoms with E-state index >= 15 is 0 Å². The minimum absolute atomic E-state index is 0.128. The van der Waals surface area contributed by atoms with Gasteiger partial charge >= 0.3 is 0 Å². The van der Waals surface area contributed by atoms with Crippen molar-refractivity contribution in [2.24, 2.45) is 5.92 Å². The van der Waals surface area contributed by atoms with Crippen LogP contribution in [0.4, 0.5) is 0 Å². The third-order valence-electron chi connectivity index (χ3n) is 3.75. The monoisotopic (exact) mass is 316 g/mol. The van der Waals surface area contributed by atoms with E-state index in [0.717, 1.165) is 38.2 Å². The van der Waals surface area contributed by atoms with Gasteiger partial charge in [-0.1, -0.05) is 43.1 Å². The molecular formula is C15H22Cl2N2O. The fourth-order valence-electron chi connectivity index (χ4n) is 2.74. The molecule has 20 heavy (non-hydrogen) atoms. The van der Waals surface area contributed by atoms with Crippen LogP contribution >= 0.6 is 23.2 Å². The molecular weight excluding hydrogens is 295 g/mol. The summed E-state index contributed by atoms with van der Waals surface area (Å²) >= 11 is 12.1. The van der Waals surface area contributed by atoms with E-state index in [-0.39, 0.29) is 16.8 Å². The van der Waals surface area contributed by atoms with Crippen molar-refractivity contribution in [1.82, 2.24) is 10.2 Å². The lowest BCUT2D eigenvalue weighted by Crippen LogP contribution is -2.45. The normalized spacial score (nSPS) is 18.4. The summed E-state index contributed by atoms with van der Waals surface area (Å²) in [6.45, 7) is 8.33. The average molecular weight is 317 g/mol. The van der Waals surface area contributed by atoms with Gasteiger partial charge in [0.05, 0.1) is 5.02 Å². The van der Waals surface area contributed by atoms with Crippen LogP contribution in [0, 0.1) is 5.92 Å². The Morgan fingerprint density at radius 1 is 1.25 bits per heavy atom. The largest absolute Gasteiger partial charge is 0.506 e. The molecule has 1 aliphatic rings. The molecule has 0 aliphatic carbocycles. The summed E-state index contributed by atoms with van der Waals surface area (Å²) in [5.41, 5.74) is 0.884. The Kier molecular flexibility index (Phi) is 5.56. The molecule has 2 rings (SSSR count). The maximum atomic E-state index is 10.3. The molecule has 112 valence electrons. The number of halogens is 2. The number of nitrogens with zero attached hydrogens (tertiary/aromatic N) is 1. The highest BCUT2D eigenvalue weighted by Crippen LogP contribution is 2.40. The maximum Gasteiger partial charge on any atom is 0.140 e. The van der Waals surface area contributed by atoms with Crippen molar-refractivity contribution in [1.29, 1.82) is 0 Å². The fraction of sp³-hybridized carbons (Fsp3) is 0.600. The summed E-state index contributed by atoms with van der Waals surface area (Å²) in [6, 6.07) is 3.86. The fourth-order valence-corrected chi connectivity index (χ4v) is 3.06. The zero-order chi connectivity index (χ0) is 14.7. The molecule has 1 heterocycles. The maximum absolute atomic E-state index is 10.3. The summed E-state index contributed by atoms with van der Waals surface area (Å²) in [4.78, 5) is 2.41. The number of phenolic OH excluding ortho intramolecular Hbond substituents is 1. The minimum Gasteiger partial charge on any atom is -0.506 e. The van der Waals surface area contributed by atoms with E-state index in [4.69, 9.17) is 23.2 Å². The lowest BCUT2D eigenvalue weighted by Gasteiger charge is -2.36. The zero-order valence-corrected chi connectivity index (χ0v) is 13.5. The number of piperazine rings is 1. The summed E-state index contributed by atoms with van der Waals surface area (Å²) < 4.78 is 0. The number of hydrogen-bond donors (Lipinski definition) is 2. The molecule has 0 saturated carbocycles. The molecule has 5 heteroatoms. The Morgan fingerprint density at radius 2 is 1.90 bits per heavy atom. The van der Waals surface area contributed by atoms with Crippen molar-refractivity contribution in [2.45, 2.75) is 26.3 Å². The predicted octanol–water partition coefficient (Wildman–Crippen LogP) is 3.69. The quantitative estimate of drug-likeness (QED) is 0.889. The van der Waals surface area contributed by atoms with Gasteiger partial charge in [0.15, 0.2) is 0 Å². The lowest BCUT2D eigenvalue weighted by atomic mass is 9.94. The third-order valence-corrected chi connectivity index (χ3v) is 4.54. The van der Waals surface area contributed by atoms with E-state index < -0.39 is 0 Å². The molecule has 2 N–H and O–H groups in total. The molecule has 0 bridgehead atoms. The Morgan fingerprint density at radius 3 is 2.50 bits per heavy atom. The Labute approximate surface area is 130 Å². The molecule has 1 fully saturated rings. The molecule has 1 aromatic rings. The molecule has 1 aliphatic heterocycles. The van der Waals surface area contributed by atoms with Gasteiger partial charge in [0.1, 0.15) is 10.8 Å². The van der Waals surface area contributed by atoms with Crippen molar-refractivity contribution < 1.29 is 5.11 Å². The highest BCUT2D eigenvalue weighted by Gasteiger charge is 2.26. The first-order valence-electron chi connectivity index (χ1n) is 7.12. The van der Waals surface area contributed by atoms with Crippen molar-refractivity contribution in [3.63, 3.8) is 0 Å². The van der Waals surface area contributed by atoms with E-state index in [9.17, 15) is 5.11 Å². The van der Waals surface area contributed by atoms with Crippen LogP contribution in [-0.4, -0.2) is 36.2 Å². The molecule has 1 atom stereocenters. The molecule has 0 spiro atoms. The first-order valence-corrected chi connectivity index (χ1v) is 7.88. The highest BCUT2D eigenvalue weighted by atomic mass is 35.5. The van der Waals surface area contributed by atoms with E-state index in [1.807, 2.05) is 6.07 Å². The van der Waals surface area contributed by atoms with Crippen molar-refractivity contribution in [3.05, 3.63) is 27.7 Å². The number of nitrogens with one attached hydrogen (secondary N) is 1. The van der Waals surface area contributed by atoms with Crippen LogP contribution in [0.1, 0.15) is 31.9 Å². The van der Waals surface area contributed by atoms with Gasteiger partial charge in [0.25, 0.3) is 0 Å². The van der Waals surface area contributed by atoms with Crippen LogP contribution in [0.5, 0.6) is 5.75 Å². The van der Waals surface area contributed by atoms with Gasteiger partial charge in [0.2, 0.25) is 0 Å². The van der Waals surface area contributed by atoms with Gasteiger partial charge in [-0.2, -0.15) is 0 Å². The first-order chi connectivity index (χ1) is 9.50. The summed E-state index contributed by atoms with van der Waals surface area (Å²) in [5.74, 6) is 0.673. The van der Waals surface area contributed by atoms with Gasteiger partial charge < -0.3 is 10.4 Å². The summed E-state index contributed by atoms with van der Waals surface area (Å²) in [7, 11) is 0. The Bertz CT molecular complexity index is 459. The van der Waals surface area contributed by atoms with Gasteiger partial charge in [-0.15, -0.1) is 0 Å². The summed E-state index contributed by atoms with van der Waals surface area (Å²) in [6.07, 6.45) is 0.992. The van der Waals surface area contributed by atoms with Crippen LogP contribution < -0.4 is 5.32 Å². The SMILES string of the molecule is CC(C)C[C@@H](c1ccc(Cl)c(Cl)c1O)N1CCNCC1. The van der Waals surface area contributed by atoms with Crippen LogP contribution in [0.3, 0.4) is 0 Å². The second-order valence-corrected chi connectivity index (χ2v) is 6.52. The van der Waals surface area contributed by atoms with Crippen molar-refractivity contribution >= 4 is 23.2 Å². The lowest BCUT2D eigenvalue weighted by molar-refractivity contribution is 0.151. The molecule has 1 aromatic carbocycles. The smallest absolute Gasteiger partial charge is 0.140 e. The van der Waals surface area contributed by atoms with Crippen LogP contribution in [0.15, 0.2) is 12.1 Å². The van der Waals surface area contributed by atoms with Crippen LogP contribution in [0.25, 0.3) is 0 Å². The van der Waals surface area contributed by atoms with Gasteiger partial charge in [0, 0.05) is 37.8 Å². The second kappa shape index (κ2) is 6.99. The Balaban J connectivity index is 2.32. The van der Waals surface area contributed by atoms with Gasteiger partial charge in [-0.3, -0.25) is 4.90 Å². The van der Waals surface area contributed by atoms with Gasteiger partial charge in [-0.25, -0.2) is 0 Å². The van der Waals surface area contributed by atoms with Gasteiger partial charge in [-0.05, 0) is 18.4 Å². The number of rotatable bonds is 4. The molecule has 0 unspecified atom stereocenters. The molecule has 0 aromatic heterocycles. The molecule has 0 amide bonds. The number of benzene rings is 1. The topological polar surface area (TPSA) is 35.5 Å². The van der Waals surface area contributed by atoms with Crippen LogP contribution in [0.2, 0.25) is 10.0 Å². The van der Waals surface area contributed by atoms with E-state index in [1.165, 1.54) is 0 Å². The van der Waals surface area contributed by atoms with Crippen LogP contribution in [-0.2, 0) is 0 Å². The number of aromatic hydroxyl groups is 1.